The molecule has 23 heavy (non-hydrogen) atoms. The molecule has 0 aliphatic carbocycles. The number of non-ortho nitro benzene ring substituents is 1. The van der Waals surface area contributed by atoms with Gasteiger partial charge in [0, 0.05) is 36.3 Å². The smallest absolute Gasteiger partial charge is 0.271 e. The summed E-state index contributed by atoms with van der Waals surface area (Å²) < 4.78 is 0. The maximum absolute atomic E-state index is 12.4. The molecule has 1 aromatic rings. The fraction of sp³-hybridized carbons (Fsp3) is 0.385. The third kappa shape index (κ3) is 4.98. The molecule has 0 aliphatic rings. The summed E-state index contributed by atoms with van der Waals surface area (Å²) >= 11 is 0. The number of carbonyl (C=O) groups is 2. The molecule has 10 nitrogen and oxygen atoms in total. The van der Waals surface area contributed by atoms with Crippen molar-refractivity contribution in [2.45, 2.75) is 6.10 Å². The summed E-state index contributed by atoms with van der Waals surface area (Å²) in [6.07, 6.45) is -1.24. The predicted octanol–water partition coefficient (Wildman–Crippen LogP) is -1.52. The zero-order chi connectivity index (χ0) is 17.6. The minimum Gasteiger partial charge on any atom is -0.395 e. The van der Waals surface area contributed by atoms with Gasteiger partial charge in [-0.05, 0) is 6.07 Å². The van der Waals surface area contributed by atoms with Crippen molar-refractivity contribution in [1.29, 1.82) is 0 Å². The van der Waals surface area contributed by atoms with Crippen LogP contribution in [0.4, 0.5) is 5.69 Å². The molecule has 0 bridgehead atoms. The fourth-order valence-electron chi connectivity index (χ4n) is 1.87. The first kappa shape index (κ1) is 18.5. The molecule has 0 aromatic heterocycles. The lowest BCUT2D eigenvalue weighted by molar-refractivity contribution is -0.384. The molecule has 5 N–H and O–H groups in total. The van der Waals surface area contributed by atoms with Crippen LogP contribution in [-0.4, -0.2) is 69.4 Å². The molecule has 1 unspecified atom stereocenters. The van der Waals surface area contributed by atoms with E-state index >= 15 is 0 Å². The number of hydrogen-bond acceptors (Lipinski definition) is 7. The Hall–Kier alpha value is -2.56. The molecule has 0 saturated heterocycles. The Morgan fingerprint density at radius 2 is 1.87 bits per heavy atom. The van der Waals surface area contributed by atoms with E-state index in [1.165, 1.54) is 0 Å². The number of hydrogen-bond donors (Lipinski definition) is 4. The van der Waals surface area contributed by atoms with Crippen molar-refractivity contribution >= 4 is 17.5 Å². The Labute approximate surface area is 130 Å². The molecule has 1 atom stereocenters. The van der Waals surface area contributed by atoms with Gasteiger partial charge in [-0.3, -0.25) is 19.7 Å². The van der Waals surface area contributed by atoms with Crippen molar-refractivity contribution in [3.05, 3.63) is 39.4 Å². The number of rotatable bonds is 8. The number of amides is 2. The van der Waals surface area contributed by atoms with Crippen LogP contribution in [0.25, 0.3) is 0 Å². The van der Waals surface area contributed by atoms with Gasteiger partial charge in [0.2, 0.25) is 5.91 Å². The van der Waals surface area contributed by atoms with Crippen LogP contribution in [0.5, 0.6) is 0 Å². The van der Waals surface area contributed by atoms with Crippen LogP contribution in [0.1, 0.15) is 20.7 Å². The average Bonchev–Trinajstić information content (AvgIpc) is 2.52. The van der Waals surface area contributed by atoms with E-state index < -0.39 is 41.7 Å². The topological polar surface area (TPSA) is 167 Å². The average molecular weight is 327 g/mol. The van der Waals surface area contributed by atoms with Gasteiger partial charge in [0.1, 0.15) is 0 Å². The monoisotopic (exact) mass is 327 g/mol. The molecule has 0 aliphatic heterocycles. The molecule has 0 fully saturated rings. The maximum atomic E-state index is 12.4. The highest BCUT2D eigenvalue weighted by Crippen LogP contribution is 2.18. The normalized spacial score (nSPS) is 11.8. The van der Waals surface area contributed by atoms with E-state index in [1.54, 1.807) is 0 Å². The van der Waals surface area contributed by atoms with E-state index in [4.69, 9.17) is 15.9 Å². The zero-order valence-corrected chi connectivity index (χ0v) is 12.1. The number of aliphatic hydroxyl groups is 3. The van der Waals surface area contributed by atoms with Crippen molar-refractivity contribution in [2.75, 3.05) is 26.3 Å². The molecule has 0 heterocycles. The van der Waals surface area contributed by atoms with E-state index in [9.17, 15) is 24.8 Å². The van der Waals surface area contributed by atoms with E-state index in [0.29, 0.717) is 0 Å². The summed E-state index contributed by atoms with van der Waals surface area (Å²) in [7, 11) is 0. The summed E-state index contributed by atoms with van der Waals surface area (Å²) in [6.45, 7) is -1.47. The van der Waals surface area contributed by atoms with Crippen LogP contribution < -0.4 is 5.73 Å². The number of nitrogens with two attached hydrogens (primary N) is 1. The van der Waals surface area contributed by atoms with Crippen molar-refractivity contribution in [1.82, 2.24) is 4.90 Å². The van der Waals surface area contributed by atoms with Gasteiger partial charge in [0.15, 0.2) is 0 Å². The predicted molar refractivity (Wildman–Crippen MR) is 77.7 cm³/mol. The quantitative estimate of drug-likeness (QED) is 0.332. The first-order chi connectivity index (χ1) is 10.8. The molecule has 10 heteroatoms. The Kier molecular flexibility index (Phi) is 6.57. The first-order valence-corrected chi connectivity index (χ1v) is 6.58. The molecule has 126 valence electrons. The summed E-state index contributed by atoms with van der Waals surface area (Å²) in [4.78, 5) is 34.7. The number of carbonyl (C=O) groups excluding carboxylic acids is 2. The third-order valence-corrected chi connectivity index (χ3v) is 2.96. The number of nitro benzene ring substituents is 1. The molecule has 2 amide bonds. The summed E-state index contributed by atoms with van der Waals surface area (Å²) in [5, 5.41) is 38.1. The molecular formula is C13H17N3O7. The summed E-state index contributed by atoms with van der Waals surface area (Å²) in [6, 6.07) is 3.00. The van der Waals surface area contributed by atoms with Gasteiger partial charge in [-0.15, -0.1) is 0 Å². The molecule has 0 saturated carbocycles. The van der Waals surface area contributed by atoms with Gasteiger partial charge < -0.3 is 26.0 Å². The number of nitrogens with zero attached hydrogens (tertiary/aromatic N) is 2. The lowest BCUT2D eigenvalue weighted by atomic mass is 10.1. The van der Waals surface area contributed by atoms with Gasteiger partial charge in [-0.25, -0.2) is 0 Å². The Balaban J connectivity index is 3.21. The first-order valence-electron chi connectivity index (χ1n) is 6.58. The zero-order valence-electron chi connectivity index (χ0n) is 12.1. The fourth-order valence-corrected chi connectivity index (χ4v) is 1.87. The molecule has 1 rings (SSSR count). The van der Waals surface area contributed by atoms with Crippen molar-refractivity contribution in [3.63, 3.8) is 0 Å². The van der Waals surface area contributed by atoms with Gasteiger partial charge in [0.25, 0.3) is 11.6 Å². The second kappa shape index (κ2) is 8.17. The summed E-state index contributed by atoms with van der Waals surface area (Å²) in [5.74, 6) is -1.69. The van der Waals surface area contributed by atoms with Gasteiger partial charge >= 0.3 is 0 Å². The van der Waals surface area contributed by atoms with Crippen LogP contribution in [0.3, 0.4) is 0 Å². The largest absolute Gasteiger partial charge is 0.395 e. The Morgan fingerprint density at radius 3 is 2.35 bits per heavy atom. The Bertz CT molecular complexity index is 573. The standard InChI is InChI=1S/C13H17N3O7/c14-12(20)8-3-9(5-10(4-8)16(22)23)13(21)15(1-2-17)6-11(19)7-18/h3-5,11,17-19H,1-2,6-7H2,(H2,14,20). The minimum absolute atomic E-state index is 0.162. The molecule has 1 aromatic carbocycles. The van der Waals surface area contributed by atoms with Crippen LogP contribution in [0, 0.1) is 10.1 Å². The Morgan fingerprint density at radius 1 is 1.26 bits per heavy atom. The van der Waals surface area contributed by atoms with E-state index in [1.807, 2.05) is 0 Å². The molecular weight excluding hydrogens is 310 g/mol. The molecule has 0 radical (unpaired) electrons. The van der Waals surface area contributed by atoms with Gasteiger partial charge in [-0.2, -0.15) is 0 Å². The second-order valence-electron chi connectivity index (χ2n) is 4.70. The van der Waals surface area contributed by atoms with E-state index in [2.05, 4.69) is 0 Å². The van der Waals surface area contributed by atoms with Crippen LogP contribution in [0.15, 0.2) is 18.2 Å². The van der Waals surface area contributed by atoms with Crippen LogP contribution in [0.2, 0.25) is 0 Å². The lowest BCUT2D eigenvalue weighted by Gasteiger charge is -2.24. The highest BCUT2D eigenvalue weighted by Gasteiger charge is 2.22. The van der Waals surface area contributed by atoms with Crippen LogP contribution in [-0.2, 0) is 0 Å². The van der Waals surface area contributed by atoms with E-state index in [-0.39, 0.29) is 24.2 Å². The number of primary amides is 1. The van der Waals surface area contributed by atoms with Crippen molar-refractivity contribution in [2.24, 2.45) is 5.73 Å². The molecule has 0 spiro atoms. The highest BCUT2D eigenvalue weighted by molar-refractivity contribution is 6.00. The van der Waals surface area contributed by atoms with Crippen molar-refractivity contribution in [3.8, 4) is 0 Å². The number of nitro groups is 1. The number of aliphatic hydroxyl groups excluding tert-OH is 3. The summed E-state index contributed by atoms with van der Waals surface area (Å²) in [5.41, 5.74) is 4.20. The van der Waals surface area contributed by atoms with Gasteiger partial charge in [0.05, 0.1) is 24.2 Å². The lowest BCUT2D eigenvalue weighted by Crippen LogP contribution is -2.40. The van der Waals surface area contributed by atoms with Gasteiger partial charge in [-0.1, -0.05) is 0 Å². The van der Waals surface area contributed by atoms with Crippen molar-refractivity contribution < 1.29 is 29.8 Å². The number of benzene rings is 1. The minimum atomic E-state index is -1.24. The van der Waals surface area contributed by atoms with Crippen LogP contribution >= 0.6 is 0 Å². The van der Waals surface area contributed by atoms with E-state index in [0.717, 1.165) is 23.1 Å². The highest BCUT2D eigenvalue weighted by atomic mass is 16.6. The third-order valence-electron chi connectivity index (χ3n) is 2.96. The SMILES string of the molecule is NC(=O)c1cc(C(=O)N(CCO)CC(O)CO)cc([N+](=O)[O-])c1. The maximum Gasteiger partial charge on any atom is 0.271 e. The second-order valence-corrected chi connectivity index (χ2v) is 4.70.